The zero-order chi connectivity index (χ0) is 12.8. The molecule has 0 bridgehead atoms. The molecule has 2 rings (SSSR count). The maximum Gasteiger partial charge on any atom is 0.0759 e. The number of aromatic nitrogens is 3. The molecule has 0 aliphatic carbocycles. The monoisotopic (exact) mass is 264 g/mol. The van der Waals surface area contributed by atoms with Gasteiger partial charge in [-0.1, -0.05) is 19.1 Å². The minimum Gasteiger partial charge on any atom is -0.309 e. The average Bonchev–Trinajstić information content (AvgIpc) is 3.00. The van der Waals surface area contributed by atoms with Gasteiger partial charge in [-0.25, -0.2) is 4.68 Å². The van der Waals surface area contributed by atoms with Gasteiger partial charge in [-0.2, -0.15) is 11.3 Å². The molecule has 1 atom stereocenters. The Morgan fingerprint density at radius 3 is 3.00 bits per heavy atom. The van der Waals surface area contributed by atoms with Gasteiger partial charge in [0.15, 0.2) is 0 Å². The lowest BCUT2D eigenvalue weighted by atomic mass is 10.1. The van der Waals surface area contributed by atoms with Crippen LogP contribution < -0.4 is 5.32 Å². The number of thiophene rings is 1. The van der Waals surface area contributed by atoms with E-state index >= 15 is 0 Å². The van der Waals surface area contributed by atoms with Crippen LogP contribution in [-0.2, 0) is 13.0 Å². The number of hydrogen-bond acceptors (Lipinski definition) is 4. The van der Waals surface area contributed by atoms with Crippen molar-refractivity contribution in [2.75, 3.05) is 6.54 Å². The van der Waals surface area contributed by atoms with Crippen molar-refractivity contribution in [3.8, 4) is 0 Å². The number of hydrogen-bond donors (Lipinski definition) is 1. The number of aryl methyl sites for hydroxylation is 1. The molecule has 5 heteroatoms. The van der Waals surface area contributed by atoms with Crippen LogP contribution in [0, 0.1) is 0 Å². The summed E-state index contributed by atoms with van der Waals surface area (Å²) in [5.74, 6) is 0. The van der Waals surface area contributed by atoms with Gasteiger partial charge in [0.2, 0.25) is 0 Å². The molecule has 4 nitrogen and oxygen atoms in total. The Morgan fingerprint density at radius 2 is 2.33 bits per heavy atom. The standard InChI is InChI=1S/C13H20N4S/c1-3-6-17-13(9-15-16-17)12(14-4-2)8-11-5-7-18-10-11/h5,7,9-10,12,14H,3-4,6,8H2,1-2H3. The summed E-state index contributed by atoms with van der Waals surface area (Å²) >= 11 is 1.75. The fourth-order valence-corrected chi connectivity index (χ4v) is 2.77. The summed E-state index contributed by atoms with van der Waals surface area (Å²) in [5.41, 5.74) is 2.56. The molecule has 0 aliphatic rings. The van der Waals surface area contributed by atoms with E-state index in [2.05, 4.69) is 46.3 Å². The normalized spacial score (nSPS) is 12.8. The SMILES string of the molecule is CCCn1nncc1C(Cc1ccsc1)NCC. The van der Waals surface area contributed by atoms with E-state index in [1.807, 2.05) is 10.9 Å². The molecule has 0 saturated heterocycles. The lowest BCUT2D eigenvalue weighted by Crippen LogP contribution is -2.25. The maximum absolute atomic E-state index is 4.17. The van der Waals surface area contributed by atoms with Gasteiger partial charge >= 0.3 is 0 Å². The number of nitrogens with zero attached hydrogens (tertiary/aromatic N) is 3. The molecule has 2 heterocycles. The van der Waals surface area contributed by atoms with Crippen molar-refractivity contribution < 1.29 is 0 Å². The van der Waals surface area contributed by atoms with Crippen LogP contribution >= 0.6 is 11.3 Å². The third kappa shape index (κ3) is 3.17. The Kier molecular flexibility index (Phi) is 4.90. The Bertz CT molecular complexity index is 449. The number of rotatable bonds is 7. The molecule has 0 aliphatic heterocycles. The fourth-order valence-electron chi connectivity index (χ4n) is 2.09. The summed E-state index contributed by atoms with van der Waals surface area (Å²) in [6, 6.07) is 2.48. The van der Waals surface area contributed by atoms with Crippen molar-refractivity contribution in [3.63, 3.8) is 0 Å². The van der Waals surface area contributed by atoms with E-state index in [1.165, 1.54) is 11.3 Å². The Balaban J connectivity index is 2.15. The predicted molar refractivity (Wildman–Crippen MR) is 74.8 cm³/mol. The molecule has 0 saturated carbocycles. The Morgan fingerprint density at radius 1 is 1.44 bits per heavy atom. The van der Waals surface area contributed by atoms with Crippen molar-refractivity contribution in [2.45, 2.75) is 39.3 Å². The molecule has 0 aromatic carbocycles. The highest BCUT2D eigenvalue weighted by atomic mass is 32.1. The van der Waals surface area contributed by atoms with Crippen LogP contribution in [-0.4, -0.2) is 21.5 Å². The second kappa shape index (κ2) is 6.66. The van der Waals surface area contributed by atoms with Gasteiger partial charge in [0.25, 0.3) is 0 Å². The quantitative estimate of drug-likeness (QED) is 0.836. The molecular formula is C13H20N4S. The van der Waals surface area contributed by atoms with Crippen LogP contribution in [0.5, 0.6) is 0 Å². The molecule has 1 N–H and O–H groups in total. The van der Waals surface area contributed by atoms with Gasteiger partial charge in [-0.05, 0) is 41.8 Å². The van der Waals surface area contributed by atoms with Gasteiger partial charge < -0.3 is 5.32 Å². The van der Waals surface area contributed by atoms with E-state index in [-0.39, 0.29) is 0 Å². The smallest absolute Gasteiger partial charge is 0.0759 e. The van der Waals surface area contributed by atoms with E-state index < -0.39 is 0 Å². The third-order valence-corrected chi connectivity index (χ3v) is 3.64. The summed E-state index contributed by atoms with van der Waals surface area (Å²) in [5, 5.41) is 16.1. The van der Waals surface area contributed by atoms with Gasteiger partial charge in [0.1, 0.15) is 0 Å². The average molecular weight is 264 g/mol. The van der Waals surface area contributed by atoms with E-state index in [9.17, 15) is 0 Å². The van der Waals surface area contributed by atoms with Gasteiger partial charge in [-0.15, -0.1) is 5.10 Å². The molecule has 98 valence electrons. The molecular weight excluding hydrogens is 244 g/mol. The topological polar surface area (TPSA) is 42.7 Å². The summed E-state index contributed by atoms with van der Waals surface area (Å²) in [6.07, 6.45) is 3.96. The highest BCUT2D eigenvalue weighted by Gasteiger charge is 2.16. The van der Waals surface area contributed by atoms with Gasteiger partial charge in [0.05, 0.1) is 17.9 Å². The number of nitrogens with one attached hydrogen (secondary N) is 1. The van der Waals surface area contributed by atoms with Crippen LogP contribution in [0.4, 0.5) is 0 Å². The molecule has 0 radical (unpaired) electrons. The molecule has 0 amide bonds. The molecule has 0 fully saturated rings. The predicted octanol–water partition coefficient (Wildman–Crippen LogP) is 2.64. The van der Waals surface area contributed by atoms with Crippen molar-refractivity contribution >= 4 is 11.3 Å². The fraction of sp³-hybridized carbons (Fsp3) is 0.538. The van der Waals surface area contributed by atoms with Crippen LogP contribution in [0.3, 0.4) is 0 Å². The molecule has 1 unspecified atom stereocenters. The lowest BCUT2D eigenvalue weighted by molar-refractivity contribution is 0.474. The van der Waals surface area contributed by atoms with Crippen molar-refractivity contribution in [1.29, 1.82) is 0 Å². The van der Waals surface area contributed by atoms with E-state index in [0.29, 0.717) is 6.04 Å². The van der Waals surface area contributed by atoms with Gasteiger partial charge in [0, 0.05) is 6.54 Å². The summed E-state index contributed by atoms with van der Waals surface area (Å²) in [6.45, 7) is 6.17. The Labute approximate surface area is 112 Å². The van der Waals surface area contributed by atoms with Crippen molar-refractivity contribution in [2.24, 2.45) is 0 Å². The van der Waals surface area contributed by atoms with Crippen LogP contribution in [0.15, 0.2) is 23.0 Å². The van der Waals surface area contributed by atoms with E-state index in [0.717, 1.165) is 25.9 Å². The summed E-state index contributed by atoms with van der Waals surface area (Å²) < 4.78 is 2.01. The van der Waals surface area contributed by atoms with Crippen LogP contribution in [0.1, 0.15) is 37.6 Å². The first-order valence-electron chi connectivity index (χ1n) is 6.48. The maximum atomic E-state index is 4.17. The summed E-state index contributed by atoms with van der Waals surface area (Å²) in [4.78, 5) is 0. The minimum absolute atomic E-state index is 0.297. The zero-order valence-corrected chi connectivity index (χ0v) is 11.8. The van der Waals surface area contributed by atoms with Crippen LogP contribution in [0.25, 0.3) is 0 Å². The Hall–Kier alpha value is -1.20. The molecule has 18 heavy (non-hydrogen) atoms. The first-order chi connectivity index (χ1) is 8.85. The van der Waals surface area contributed by atoms with E-state index in [1.54, 1.807) is 11.3 Å². The zero-order valence-electron chi connectivity index (χ0n) is 11.0. The minimum atomic E-state index is 0.297. The van der Waals surface area contributed by atoms with E-state index in [4.69, 9.17) is 0 Å². The largest absolute Gasteiger partial charge is 0.309 e. The highest BCUT2D eigenvalue weighted by Crippen LogP contribution is 2.19. The lowest BCUT2D eigenvalue weighted by Gasteiger charge is -2.18. The molecule has 2 aromatic heterocycles. The third-order valence-electron chi connectivity index (χ3n) is 2.91. The van der Waals surface area contributed by atoms with Crippen molar-refractivity contribution in [1.82, 2.24) is 20.3 Å². The second-order valence-electron chi connectivity index (χ2n) is 4.33. The molecule has 0 spiro atoms. The summed E-state index contributed by atoms with van der Waals surface area (Å²) in [7, 11) is 0. The highest BCUT2D eigenvalue weighted by molar-refractivity contribution is 7.07. The second-order valence-corrected chi connectivity index (χ2v) is 5.11. The van der Waals surface area contributed by atoms with Gasteiger partial charge in [-0.3, -0.25) is 0 Å². The van der Waals surface area contributed by atoms with Crippen molar-refractivity contribution in [3.05, 3.63) is 34.3 Å². The first-order valence-corrected chi connectivity index (χ1v) is 7.42. The van der Waals surface area contributed by atoms with Crippen LogP contribution in [0.2, 0.25) is 0 Å². The first kappa shape index (κ1) is 13.2. The molecule has 2 aromatic rings. The number of likely N-dealkylation sites (N-methyl/N-ethyl adjacent to an activating group) is 1.